The van der Waals surface area contributed by atoms with Crippen molar-refractivity contribution in [3.05, 3.63) is 18.3 Å². The number of morpholine rings is 1. The molecule has 1 aromatic rings. The highest BCUT2D eigenvalue weighted by Gasteiger charge is 2.34. The van der Waals surface area contributed by atoms with Crippen molar-refractivity contribution in [2.45, 2.75) is 45.9 Å². The lowest BCUT2D eigenvalue weighted by Gasteiger charge is -2.40. The first-order valence-corrected chi connectivity index (χ1v) is 7.78. The summed E-state index contributed by atoms with van der Waals surface area (Å²) in [5, 5.41) is 2.94. The van der Waals surface area contributed by atoms with E-state index < -0.39 is 0 Å². The Labute approximate surface area is 156 Å². The van der Waals surface area contributed by atoms with Crippen LogP contribution in [0.2, 0.25) is 0 Å². The molecule has 1 aliphatic rings. The van der Waals surface area contributed by atoms with E-state index in [9.17, 15) is 4.79 Å². The van der Waals surface area contributed by atoms with E-state index in [-0.39, 0.29) is 54.9 Å². The lowest BCUT2D eigenvalue weighted by molar-refractivity contribution is -0.130. The number of pyridine rings is 1. The molecular formula is C16H28Cl2N4O2. The van der Waals surface area contributed by atoms with Gasteiger partial charge in [-0.25, -0.2) is 4.98 Å². The van der Waals surface area contributed by atoms with Crippen LogP contribution in [0.15, 0.2) is 18.3 Å². The van der Waals surface area contributed by atoms with E-state index in [4.69, 9.17) is 10.5 Å². The zero-order chi connectivity index (χ0) is 16.3. The molecule has 0 spiro atoms. The Bertz CT molecular complexity index is 503. The SMILES string of the molecule is CC1CN(C(C(=O)Nc2ccc(N)nc2)C(C)C)CC(C)O1.Cl.Cl. The summed E-state index contributed by atoms with van der Waals surface area (Å²) in [4.78, 5) is 18.9. The van der Waals surface area contributed by atoms with E-state index in [2.05, 4.69) is 29.0 Å². The minimum atomic E-state index is -0.189. The van der Waals surface area contributed by atoms with Crippen molar-refractivity contribution in [3.63, 3.8) is 0 Å². The highest BCUT2D eigenvalue weighted by Crippen LogP contribution is 2.20. The van der Waals surface area contributed by atoms with Crippen molar-refractivity contribution in [1.82, 2.24) is 9.88 Å². The Kier molecular flexibility index (Phi) is 9.58. The zero-order valence-corrected chi connectivity index (χ0v) is 16.2. The van der Waals surface area contributed by atoms with Gasteiger partial charge in [0, 0.05) is 13.1 Å². The van der Waals surface area contributed by atoms with Crippen LogP contribution in [-0.4, -0.2) is 47.1 Å². The smallest absolute Gasteiger partial charge is 0.242 e. The van der Waals surface area contributed by atoms with Crippen molar-refractivity contribution >= 4 is 42.2 Å². The third-order valence-corrected chi connectivity index (χ3v) is 3.80. The van der Waals surface area contributed by atoms with Crippen molar-refractivity contribution < 1.29 is 9.53 Å². The second-order valence-electron chi connectivity index (χ2n) is 6.36. The maximum atomic E-state index is 12.7. The second kappa shape index (κ2) is 10.0. The Balaban J connectivity index is 0.00000264. The average molecular weight is 379 g/mol. The number of anilines is 2. The van der Waals surface area contributed by atoms with E-state index in [1.165, 1.54) is 0 Å². The average Bonchev–Trinajstić information content (AvgIpc) is 2.40. The molecule has 0 saturated carbocycles. The summed E-state index contributed by atoms with van der Waals surface area (Å²) >= 11 is 0. The van der Waals surface area contributed by atoms with Crippen molar-refractivity contribution in [3.8, 4) is 0 Å². The van der Waals surface area contributed by atoms with Gasteiger partial charge in [-0.15, -0.1) is 24.8 Å². The molecule has 2 heterocycles. The number of aromatic nitrogens is 1. The number of nitrogens with one attached hydrogen (secondary N) is 1. The molecule has 24 heavy (non-hydrogen) atoms. The molecule has 2 rings (SSSR count). The van der Waals surface area contributed by atoms with Gasteiger partial charge >= 0.3 is 0 Å². The number of carbonyl (C=O) groups excluding carboxylic acids is 1. The number of nitrogen functional groups attached to an aromatic ring is 1. The largest absolute Gasteiger partial charge is 0.384 e. The number of rotatable bonds is 4. The normalized spacial score (nSPS) is 22.2. The van der Waals surface area contributed by atoms with Crippen LogP contribution in [0.4, 0.5) is 11.5 Å². The Morgan fingerprint density at radius 2 is 1.88 bits per heavy atom. The molecule has 1 aliphatic heterocycles. The highest BCUT2D eigenvalue weighted by atomic mass is 35.5. The fourth-order valence-electron chi connectivity index (χ4n) is 3.03. The first kappa shape index (κ1) is 22.9. The topological polar surface area (TPSA) is 80.5 Å². The predicted octanol–water partition coefficient (Wildman–Crippen LogP) is 2.58. The molecule has 0 aromatic carbocycles. The quantitative estimate of drug-likeness (QED) is 0.841. The molecular weight excluding hydrogens is 351 g/mol. The number of hydrogen-bond acceptors (Lipinski definition) is 5. The molecule has 8 heteroatoms. The molecule has 3 unspecified atom stereocenters. The van der Waals surface area contributed by atoms with E-state index >= 15 is 0 Å². The second-order valence-corrected chi connectivity index (χ2v) is 6.36. The number of hydrogen-bond donors (Lipinski definition) is 2. The molecule has 3 atom stereocenters. The maximum Gasteiger partial charge on any atom is 0.242 e. The summed E-state index contributed by atoms with van der Waals surface area (Å²) in [5.41, 5.74) is 6.23. The lowest BCUT2D eigenvalue weighted by Crippen LogP contribution is -2.55. The molecule has 6 nitrogen and oxygen atoms in total. The summed E-state index contributed by atoms with van der Waals surface area (Å²) < 4.78 is 5.76. The van der Waals surface area contributed by atoms with Crippen LogP contribution in [-0.2, 0) is 9.53 Å². The van der Waals surface area contributed by atoms with Gasteiger partial charge in [-0.3, -0.25) is 9.69 Å². The molecule has 1 amide bonds. The molecule has 3 N–H and O–H groups in total. The summed E-state index contributed by atoms with van der Waals surface area (Å²) in [6, 6.07) is 3.26. The Morgan fingerprint density at radius 3 is 2.33 bits per heavy atom. The van der Waals surface area contributed by atoms with Gasteiger partial charge < -0.3 is 15.8 Å². The van der Waals surface area contributed by atoms with Crippen LogP contribution < -0.4 is 11.1 Å². The molecule has 0 bridgehead atoms. The monoisotopic (exact) mass is 378 g/mol. The van der Waals surface area contributed by atoms with Crippen LogP contribution in [0.25, 0.3) is 0 Å². The summed E-state index contributed by atoms with van der Waals surface area (Å²) in [6.07, 6.45) is 1.85. The van der Waals surface area contributed by atoms with Gasteiger partial charge in [0.2, 0.25) is 5.91 Å². The first-order chi connectivity index (χ1) is 10.4. The number of halogens is 2. The van der Waals surface area contributed by atoms with Crippen LogP contribution in [0.1, 0.15) is 27.7 Å². The molecule has 138 valence electrons. The lowest BCUT2D eigenvalue weighted by atomic mass is 9.99. The maximum absolute atomic E-state index is 12.7. The van der Waals surface area contributed by atoms with Gasteiger partial charge in [0.25, 0.3) is 0 Å². The van der Waals surface area contributed by atoms with Gasteiger partial charge in [0.15, 0.2) is 0 Å². The Hall–Kier alpha value is -1.08. The zero-order valence-electron chi connectivity index (χ0n) is 14.6. The van der Waals surface area contributed by atoms with Gasteiger partial charge in [-0.2, -0.15) is 0 Å². The number of nitrogens with zero attached hydrogens (tertiary/aromatic N) is 2. The molecule has 0 radical (unpaired) electrons. The van der Waals surface area contributed by atoms with Gasteiger partial charge in [0.05, 0.1) is 30.1 Å². The van der Waals surface area contributed by atoms with E-state index in [1.807, 2.05) is 13.8 Å². The molecule has 0 aliphatic carbocycles. The summed E-state index contributed by atoms with van der Waals surface area (Å²) in [5.74, 6) is 0.636. The van der Waals surface area contributed by atoms with E-state index in [1.54, 1.807) is 18.3 Å². The highest BCUT2D eigenvalue weighted by molar-refractivity contribution is 5.95. The first-order valence-electron chi connectivity index (χ1n) is 7.78. The van der Waals surface area contributed by atoms with E-state index in [0.29, 0.717) is 11.5 Å². The third kappa shape index (κ3) is 6.09. The van der Waals surface area contributed by atoms with Crippen LogP contribution in [0.5, 0.6) is 0 Å². The number of amides is 1. The molecule has 1 aromatic heterocycles. The number of ether oxygens (including phenoxy) is 1. The third-order valence-electron chi connectivity index (χ3n) is 3.80. The standard InChI is InChI=1S/C16H26N4O2.2ClH/c1-10(2)15(20-8-11(3)22-12(4)9-20)16(21)19-13-5-6-14(17)18-7-13;;/h5-7,10-12,15H,8-9H2,1-4H3,(H2,17,18)(H,19,21);2*1H. The van der Waals surface area contributed by atoms with Crippen LogP contribution in [0.3, 0.4) is 0 Å². The fraction of sp³-hybridized carbons (Fsp3) is 0.625. The Morgan fingerprint density at radius 1 is 1.29 bits per heavy atom. The molecule has 1 saturated heterocycles. The van der Waals surface area contributed by atoms with Gasteiger partial charge in [-0.1, -0.05) is 13.8 Å². The summed E-state index contributed by atoms with van der Waals surface area (Å²) in [6.45, 7) is 9.75. The molecule has 1 fully saturated rings. The van der Waals surface area contributed by atoms with Gasteiger partial charge in [-0.05, 0) is 31.9 Å². The van der Waals surface area contributed by atoms with Crippen LogP contribution in [0, 0.1) is 5.92 Å². The summed E-state index contributed by atoms with van der Waals surface area (Å²) in [7, 11) is 0. The van der Waals surface area contributed by atoms with Crippen molar-refractivity contribution in [2.75, 3.05) is 24.1 Å². The minimum Gasteiger partial charge on any atom is -0.384 e. The number of nitrogens with two attached hydrogens (primary N) is 1. The van der Waals surface area contributed by atoms with E-state index in [0.717, 1.165) is 13.1 Å². The van der Waals surface area contributed by atoms with Crippen molar-refractivity contribution in [1.29, 1.82) is 0 Å². The number of carbonyl (C=O) groups is 1. The fourth-order valence-corrected chi connectivity index (χ4v) is 3.03. The van der Waals surface area contributed by atoms with Crippen LogP contribution >= 0.6 is 24.8 Å². The predicted molar refractivity (Wildman–Crippen MR) is 102 cm³/mol. The van der Waals surface area contributed by atoms with Crippen molar-refractivity contribution in [2.24, 2.45) is 5.92 Å². The minimum absolute atomic E-state index is 0. The van der Waals surface area contributed by atoms with Gasteiger partial charge in [0.1, 0.15) is 5.82 Å².